The fraction of sp³-hybridized carbons (Fsp3) is 0.950. The van der Waals surface area contributed by atoms with Gasteiger partial charge in [0.1, 0.15) is 0 Å². The van der Waals surface area contributed by atoms with Gasteiger partial charge in [0, 0.05) is 19.6 Å². The van der Waals surface area contributed by atoms with Crippen molar-refractivity contribution in [1.29, 1.82) is 0 Å². The average molecular weight is 346 g/mol. The molecular formula is C20H43NO3. The van der Waals surface area contributed by atoms with Crippen molar-refractivity contribution >= 4 is 5.91 Å². The molecule has 0 heterocycles. The van der Waals surface area contributed by atoms with Crippen molar-refractivity contribution in [2.24, 2.45) is 5.73 Å². The van der Waals surface area contributed by atoms with Crippen LogP contribution in [0.1, 0.15) is 110 Å². The van der Waals surface area contributed by atoms with Crippen LogP contribution < -0.4 is 5.73 Å². The van der Waals surface area contributed by atoms with Gasteiger partial charge in [0.05, 0.1) is 0 Å². The molecule has 4 N–H and O–H groups in total. The van der Waals surface area contributed by atoms with E-state index in [9.17, 15) is 4.79 Å². The molecule has 4 nitrogen and oxygen atoms in total. The Morgan fingerprint density at radius 3 is 1.29 bits per heavy atom. The van der Waals surface area contributed by atoms with E-state index in [1.807, 2.05) is 0 Å². The Kier molecular flexibility index (Phi) is 26.3. The van der Waals surface area contributed by atoms with Crippen molar-refractivity contribution in [3.63, 3.8) is 0 Å². The summed E-state index contributed by atoms with van der Waals surface area (Å²) in [5, 5.41) is 16.6. The number of aliphatic hydroxyl groups excluding tert-OH is 2. The van der Waals surface area contributed by atoms with Gasteiger partial charge in [-0.15, -0.1) is 0 Å². The SMILES string of the molecule is CCCCCCCCCCCCCC(N)=O.OCCCCCCO. The number of rotatable bonds is 17. The molecule has 24 heavy (non-hydrogen) atoms. The number of hydrogen-bond acceptors (Lipinski definition) is 3. The molecule has 0 aliphatic carbocycles. The molecule has 0 saturated carbocycles. The van der Waals surface area contributed by atoms with Crippen molar-refractivity contribution < 1.29 is 15.0 Å². The molecule has 0 aromatic heterocycles. The number of carbonyl (C=O) groups is 1. The molecule has 0 unspecified atom stereocenters. The fourth-order valence-corrected chi connectivity index (χ4v) is 2.54. The van der Waals surface area contributed by atoms with Crippen LogP contribution in [0.4, 0.5) is 0 Å². The predicted molar refractivity (Wildman–Crippen MR) is 103 cm³/mol. The Morgan fingerprint density at radius 2 is 0.958 bits per heavy atom. The Balaban J connectivity index is 0. The number of aliphatic hydroxyl groups is 2. The topological polar surface area (TPSA) is 83.6 Å². The van der Waals surface area contributed by atoms with E-state index in [-0.39, 0.29) is 19.1 Å². The lowest BCUT2D eigenvalue weighted by atomic mass is 10.1. The van der Waals surface area contributed by atoms with Crippen molar-refractivity contribution in [2.75, 3.05) is 13.2 Å². The van der Waals surface area contributed by atoms with Gasteiger partial charge in [-0.2, -0.15) is 0 Å². The number of hydrogen-bond donors (Lipinski definition) is 3. The van der Waals surface area contributed by atoms with Crippen molar-refractivity contribution in [3.05, 3.63) is 0 Å². The van der Waals surface area contributed by atoms with Crippen molar-refractivity contribution in [2.45, 2.75) is 110 Å². The van der Waals surface area contributed by atoms with Gasteiger partial charge in [-0.1, -0.05) is 84.0 Å². The van der Waals surface area contributed by atoms with Crippen LogP contribution in [0, 0.1) is 0 Å². The first kappa shape index (κ1) is 25.6. The lowest BCUT2D eigenvalue weighted by Gasteiger charge is -2.01. The molecule has 0 radical (unpaired) electrons. The summed E-state index contributed by atoms with van der Waals surface area (Å²) < 4.78 is 0. The summed E-state index contributed by atoms with van der Waals surface area (Å²) in [7, 11) is 0. The Labute approximate surface area is 150 Å². The lowest BCUT2D eigenvalue weighted by molar-refractivity contribution is -0.118. The van der Waals surface area contributed by atoms with Gasteiger partial charge in [0.25, 0.3) is 0 Å². The molecule has 0 saturated heterocycles. The molecule has 0 aromatic rings. The van der Waals surface area contributed by atoms with Gasteiger partial charge in [-0.25, -0.2) is 0 Å². The van der Waals surface area contributed by atoms with Crippen LogP contribution in [-0.4, -0.2) is 29.3 Å². The number of unbranched alkanes of at least 4 members (excludes halogenated alkanes) is 13. The Morgan fingerprint density at radius 1 is 0.625 bits per heavy atom. The molecular weight excluding hydrogens is 302 g/mol. The average Bonchev–Trinajstić information content (AvgIpc) is 2.57. The number of nitrogens with two attached hydrogens (primary N) is 1. The van der Waals surface area contributed by atoms with E-state index >= 15 is 0 Å². The van der Waals surface area contributed by atoms with E-state index in [2.05, 4.69) is 6.92 Å². The van der Waals surface area contributed by atoms with Gasteiger partial charge in [-0.3, -0.25) is 4.79 Å². The van der Waals surface area contributed by atoms with Gasteiger partial charge in [-0.05, 0) is 19.3 Å². The quantitative estimate of drug-likeness (QED) is 0.334. The molecule has 0 spiro atoms. The van der Waals surface area contributed by atoms with Gasteiger partial charge in [0.2, 0.25) is 5.91 Å². The van der Waals surface area contributed by atoms with E-state index in [1.165, 1.54) is 64.2 Å². The minimum atomic E-state index is -0.157. The maximum absolute atomic E-state index is 10.5. The summed E-state index contributed by atoms with van der Waals surface area (Å²) >= 11 is 0. The van der Waals surface area contributed by atoms with Crippen LogP contribution >= 0.6 is 0 Å². The minimum Gasteiger partial charge on any atom is -0.396 e. The molecule has 4 heteroatoms. The number of carbonyl (C=O) groups excluding carboxylic acids is 1. The molecule has 146 valence electrons. The van der Waals surface area contributed by atoms with Crippen LogP contribution in [0.25, 0.3) is 0 Å². The minimum absolute atomic E-state index is 0.157. The molecule has 0 aromatic carbocycles. The smallest absolute Gasteiger partial charge is 0.217 e. The standard InChI is InChI=1S/C14H29NO.C6H14O2/c1-2-3-4-5-6-7-8-9-10-11-12-13-14(15)16;7-5-3-1-2-4-6-8/h2-13H2,1H3,(H2,15,16);7-8H,1-6H2. The number of primary amides is 1. The largest absolute Gasteiger partial charge is 0.396 e. The van der Waals surface area contributed by atoms with Crippen LogP contribution in [0.5, 0.6) is 0 Å². The van der Waals surface area contributed by atoms with E-state index in [1.54, 1.807) is 0 Å². The third-order valence-electron chi connectivity index (χ3n) is 4.09. The van der Waals surface area contributed by atoms with E-state index < -0.39 is 0 Å². The zero-order valence-electron chi connectivity index (χ0n) is 16.1. The first-order valence-corrected chi connectivity index (χ1v) is 10.2. The third kappa shape index (κ3) is 29.4. The van der Waals surface area contributed by atoms with E-state index in [0.29, 0.717) is 6.42 Å². The molecule has 0 bridgehead atoms. The van der Waals surface area contributed by atoms with Crippen LogP contribution in [-0.2, 0) is 4.79 Å². The molecule has 0 fully saturated rings. The first-order chi connectivity index (χ1) is 11.7. The summed E-state index contributed by atoms with van der Waals surface area (Å²) in [6.07, 6.45) is 18.8. The summed E-state index contributed by atoms with van der Waals surface area (Å²) in [6.45, 7) is 2.82. The lowest BCUT2D eigenvalue weighted by Crippen LogP contribution is -2.09. The van der Waals surface area contributed by atoms with E-state index in [0.717, 1.165) is 32.1 Å². The zero-order chi connectivity index (χ0) is 18.3. The summed E-state index contributed by atoms with van der Waals surface area (Å²) in [4.78, 5) is 10.5. The second-order valence-corrected chi connectivity index (χ2v) is 6.61. The monoisotopic (exact) mass is 345 g/mol. The van der Waals surface area contributed by atoms with E-state index in [4.69, 9.17) is 15.9 Å². The third-order valence-corrected chi connectivity index (χ3v) is 4.09. The van der Waals surface area contributed by atoms with Gasteiger partial charge in [0.15, 0.2) is 0 Å². The second kappa shape index (κ2) is 24.6. The molecule has 0 aliphatic heterocycles. The highest BCUT2D eigenvalue weighted by atomic mass is 16.3. The summed E-state index contributed by atoms with van der Waals surface area (Å²) in [6, 6.07) is 0. The Hall–Kier alpha value is -0.610. The normalized spacial score (nSPS) is 10.3. The van der Waals surface area contributed by atoms with Gasteiger partial charge >= 0.3 is 0 Å². The second-order valence-electron chi connectivity index (χ2n) is 6.61. The maximum Gasteiger partial charge on any atom is 0.217 e. The highest BCUT2D eigenvalue weighted by molar-refractivity contribution is 5.73. The number of amides is 1. The van der Waals surface area contributed by atoms with Crippen LogP contribution in [0.3, 0.4) is 0 Å². The fourth-order valence-electron chi connectivity index (χ4n) is 2.54. The molecule has 0 atom stereocenters. The predicted octanol–water partition coefficient (Wildman–Crippen LogP) is 4.70. The van der Waals surface area contributed by atoms with Gasteiger partial charge < -0.3 is 15.9 Å². The van der Waals surface area contributed by atoms with Crippen LogP contribution in [0.15, 0.2) is 0 Å². The van der Waals surface area contributed by atoms with Crippen LogP contribution in [0.2, 0.25) is 0 Å². The highest BCUT2D eigenvalue weighted by Crippen LogP contribution is 2.11. The maximum atomic E-state index is 10.5. The summed E-state index contributed by atoms with van der Waals surface area (Å²) in [5.41, 5.74) is 5.07. The molecule has 0 aliphatic rings. The summed E-state index contributed by atoms with van der Waals surface area (Å²) in [5.74, 6) is -0.157. The first-order valence-electron chi connectivity index (χ1n) is 10.2. The van der Waals surface area contributed by atoms with Crippen molar-refractivity contribution in [3.8, 4) is 0 Å². The Bertz CT molecular complexity index is 229. The molecule has 0 rings (SSSR count). The highest BCUT2D eigenvalue weighted by Gasteiger charge is 1.95. The van der Waals surface area contributed by atoms with Crippen molar-refractivity contribution in [1.82, 2.24) is 0 Å². The zero-order valence-corrected chi connectivity index (χ0v) is 16.1. The molecule has 1 amide bonds.